The highest BCUT2D eigenvalue weighted by molar-refractivity contribution is 9.10. The summed E-state index contributed by atoms with van der Waals surface area (Å²) in [4.78, 5) is 2.57. The lowest BCUT2D eigenvalue weighted by Gasteiger charge is -2.36. The molecule has 0 bridgehead atoms. The molecule has 1 aromatic rings. The predicted molar refractivity (Wildman–Crippen MR) is 94.0 cm³/mol. The number of hydrogen-bond acceptors (Lipinski definition) is 4. The van der Waals surface area contributed by atoms with Gasteiger partial charge in [0, 0.05) is 37.8 Å². The standard InChI is InChI=1S/C17H27BrN2O2/c1-4-5-6-15(20-9-7-19-8-10-20)13-11-17(22-3)14(18)12-16(13)21-2/h11-12,15,19H,4-10H2,1-3H3/t15-/m1/s1. The fraction of sp³-hybridized carbons (Fsp3) is 0.647. The molecule has 0 spiro atoms. The van der Waals surface area contributed by atoms with Crippen LogP contribution in [0, 0.1) is 0 Å². The molecule has 1 saturated heterocycles. The summed E-state index contributed by atoms with van der Waals surface area (Å²) in [5, 5.41) is 3.43. The van der Waals surface area contributed by atoms with E-state index in [4.69, 9.17) is 9.47 Å². The van der Waals surface area contributed by atoms with E-state index in [9.17, 15) is 0 Å². The topological polar surface area (TPSA) is 33.7 Å². The number of hydrogen-bond donors (Lipinski definition) is 1. The normalized spacial score (nSPS) is 17.3. The lowest BCUT2D eigenvalue weighted by atomic mass is 9.97. The fourth-order valence-electron chi connectivity index (χ4n) is 3.07. The maximum absolute atomic E-state index is 5.65. The van der Waals surface area contributed by atoms with Gasteiger partial charge in [0.25, 0.3) is 0 Å². The van der Waals surface area contributed by atoms with E-state index in [2.05, 4.69) is 39.1 Å². The van der Waals surface area contributed by atoms with E-state index >= 15 is 0 Å². The molecule has 1 aliphatic rings. The van der Waals surface area contributed by atoms with Crippen molar-refractivity contribution in [3.63, 3.8) is 0 Å². The van der Waals surface area contributed by atoms with E-state index < -0.39 is 0 Å². The maximum atomic E-state index is 5.65. The molecule has 4 nitrogen and oxygen atoms in total. The highest BCUT2D eigenvalue weighted by Gasteiger charge is 2.25. The highest BCUT2D eigenvalue weighted by Crippen LogP contribution is 2.39. The van der Waals surface area contributed by atoms with Gasteiger partial charge in [-0.15, -0.1) is 0 Å². The van der Waals surface area contributed by atoms with Gasteiger partial charge in [0.1, 0.15) is 11.5 Å². The van der Waals surface area contributed by atoms with Gasteiger partial charge < -0.3 is 14.8 Å². The lowest BCUT2D eigenvalue weighted by molar-refractivity contribution is 0.160. The molecule has 1 N–H and O–H groups in total. The van der Waals surface area contributed by atoms with Gasteiger partial charge in [0.2, 0.25) is 0 Å². The third-order valence-electron chi connectivity index (χ3n) is 4.29. The van der Waals surface area contributed by atoms with Crippen molar-refractivity contribution in [2.45, 2.75) is 32.2 Å². The summed E-state index contributed by atoms with van der Waals surface area (Å²) < 4.78 is 12.1. The van der Waals surface area contributed by atoms with Crippen LogP contribution >= 0.6 is 15.9 Å². The average molecular weight is 371 g/mol. The lowest BCUT2D eigenvalue weighted by Crippen LogP contribution is -2.45. The molecule has 0 aliphatic carbocycles. The van der Waals surface area contributed by atoms with Crippen molar-refractivity contribution in [3.8, 4) is 11.5 Å². The van der Waals surface area contributed by atoms with Crippen LogP contribution in [0.5, 0.6) is 11.5 Å². The zero-order chi connectivity index (χ0) is 15.9. The fourth-order valence-corrected chi connectivity index (χ4v) is 3.55. The van der Waals surface area contributed by atoms with E-state index in [0.29, 0.717) is 6.04 Å². The number of rotatable bonds is 7. The molecular weight excluding hydrogens is 344 g/mol. The monoisotopic (exact) mass is 370 g/mol. The summed E-state index contributed by atoms with van der Waals surface area (Å²) in [5.74, 6) is 1.81. The summed E-state index contributed by atoms with van der Waals surface area (Å²) >= 11 is 3.55. The van der Waals surface area contributed by atoms with Gasteiger partial charge in [-0.05, 0) is 34.5 Å². The quantitative estimate of drug-likeness (QED) is 0.794. The van der Waals surface area contributed by atoms with Gasteiger partial charge in [0.05, 0.1) is 18.7 Å². The van der Waals surface area contributed by atoms with Crippen LogP contribution in [0.3, 0.4) is 0 Å². The zero-order valence-electron chi connectivity index (χ0n) is 13.8. The third kappa shape index (κ3) is 4.15. The SMILES string of the molecule is CCCC[C@H](c1cc(OC)c(Br)cc1OC)N1CCNCC1. The number of piperazine rings is 1. The van der Waals surface area contributed by atoms with Gasteiger partial charge in [-0.1, -0.05) is 19.8 Å². The smallest absolute Gasteiger partial charge is 0.133 e. The van der Waals surface area contributed by atoms with E-state index in [1.54, 1.807) is 14.2 Å². The van der Waals surface area contributed by atoms with E-state index in [0.717, 1.165) is 48.6 Å². The molecule has 124 valence electrons. The number of nitrogens with zero attached hydrogens (tertiary/aromatic N) is 1. The van der Waals surface area contributed by atoms with Crippen molar-refractivity contribution in [2.75, 3.05) is 40.4 Å². The van der Waals surface area contributed by atoms with Gasteiger partial charge in [-0.2, -0.15) is 0 Å². The Morgan fingerprint density at radius 3 is 2.45 bits per heavy atom. The first-order valence-electron chi connectivity index (χ1n) is 8.07. The van der Waals surface area contributed by atoms with E-state index in [-0.39, 0.29) is 0 Å². The van der Waals surface area contributed by atoms with Crippen LogP contribution in [-0.2, 0) is 0 Å². The van der Waals surface area contributed by atoms with E-state index in [1.165, 1.54) is 18.4 Å². The summed E-state index contributed by atoms with van der Waals surface area (Å²) in [7, 11) is 3.45. The van der Waals surface area contributed by atoms with Crippen molar-refractivity contribution >= 4 is 15.9 Å². The van der Waals surface area contributed by atoms with Crippen molar-refractivity contribution in [1.82, 2.24) is 10.2 Å². The first-order valence-corrected chi connectivity index (χ1v) is 8.86. The Balaban J connectivity index is 2.35. The highest BCUT2D eigenvalue weighted by atomic mass is 79.9. The van der Waals surface area contributed by atoms with Crippen molar-refractivity contribution in [3.05, 3.63) is 22.2 Å². The van der Waals surface area contributed by atoms with Gasteiger partial charge in [-0.25, -0.2) is 0 Å². The molecule has 22 heavy (non-hydrogen) atoms. The number of methoxy groups -OCH3 is 2. The number of ether oxygens (including phenoxy) is 2. The summed E-state index contributed by atoms with van der Waals surface area (Å²) in [6.07, 6.45) is 3.58. The van der Waals surface area contributed by atoms with Gasteiger partial charge in [-0.3, -0.25) is 4.90 Å². The van der Waals surface area contributed by atoms with Crippen LogP contribution in [0.4, 0.5) is 0 Å². The average Bonchev–Trinajstić information content (AvgIpc) is 2.56. The van der Waals surface area contributed by atoms with Gasteiger partial charge in [0.15, 0.2) is 0 Å². The molecule has 1 aliphatic heterocycles. The molecule has 0 aromatic heterocycles. The third-order valence-corrected chi connectivity index (χ3v) is 4.91. The Hall–Kier alpha value is -0.780. The minimum atomic E-state index is 0.388. The van der Waals surface area contributed by atoms with Crippen molar-refractivity contribution in [1.29, 1.82) is 0 Å². The number of halogens is 1. The molecule has 1 fully saturated rings. The molecule has 0 amide bonds. The van der Waals surface area contributed by atoms with Crippen LogP contribution < -0.4 is 14.8 Å². The molecular formula is C17H27BrN2O2. The van der Waals surface area contributed by atoms with E-state index in [1.807, 2.05) is 6.07 Å². The molecule has 0 unspecified atom stereocenters. The summed E-state index contributed by atoms with van der Waals surface area (Å²) in [5.41, 5.74) is 1.23. The second-order valence-electron chi connectivity index (χ2n) is 5.67. The minimum Gasteiger partial charge on any atom is -0.496 e. The van der Waals surface area contributed by atoms with Crippen LogP contribution in [0.25, 0.3) is 0 Å². The largest absolute Gasteiger partial charge is 0.496 e. The van der Waals surface area contributed by atoms with Crippen LogP contribution in [-0.4, -0.2) is 45.3 Å². The Morgan fingerprint density at radius 1 is 1.18 bits per heavy atom. The predicted octanol–water partition coefficient (Wildman–Crippen LogP) is 3.60. The van der Waals surface area contributed by atoms with Crippen molar-refractivity contribution < 1.29 is 9.47 Å². The Bertz CT molecular complexity index is 476. The molecule has 5 heteroatoms. The number of benzene rings is 1. The Morgan fingerprint density at radius 2 is 1.86 bits per heavy atom. The maximum Gasteiger partial charge on any atom is 0.133 e. The molecule has 2 rings (SSSR count). The van der Waals surface area contributed by atoms with Crippen LogP contribution in [0.15, 0.2) is 16.6 Å². The molecule has 0 radical (unpaired) electrons. The van der Waals surface area contributed by atoms with Crippen molar-refractivity contribution in [2.24, 2.45) is 0 Å². The second kappa shape index (κ2) is 8.75. The molecule has 1 aromatic carbocycles. The second-order valence-corrected chi connectivity index (χ2v) is 6.53. The first-order chi connectivity index (χ1) is 10.7. The minimum absolute atomic E-state index is 0.388. The molecule has 1 atom stereocenters. The first kappa shape index (κ1) is 17.6. The Labute approximate surface area is 142 Å². The molecule has 1 heterocycles. The Kier molecular flexibility index (Phi) is 6.99. The van der Waals surface area contributed by atoms with Gasteiger partial charge >= 0.3 is 0 Å². The number of unbranched alkanes of at least 4 members (excludes halogenated alkanes) is 1. The summed E-state index contributed by atoms with van der Waals surface area (Å²) in [6, 6.07) is 4.54. The van der Waals surface area contributed by atoms with Crippen LogP contribution in [0.1, 0.15) is 37.8 Å². The molecule has 0 saturated carbocycles. The summed E-state index contributed by atoms with van der Waals surface area (Å²) in [6.45, 7) is 6.51. The van der Waals surface area contributed by atoms with Crippen LogP contribution in [0.2, 0.25) is 0 Å². The number of nitrogens with one attached hydrogen (secondary N) is 1. The zero-order valence-corrected chi connectivity index (χ0v) is 15.4.